The van der Waals surface area contributed by atoms with Crippen LogP contribution in [0.4, 0.5) is 0 Å². The van der Waals surface area contributed by atoms with Crippen molar-refractivity contribution in [1.29, 1.82) is 0 Å². The van der Waals surface area contributed by atoms with Gasteiger partial charge in [-0.05, 0) is 32.4 Å². The van der Waals surface area contributed by atoms with Crippen LogP contribution in [0.3, 0.4) is 0 Å². The van der Waals surface area contributed by atoms with Crippen LogP contribution in [0.25, 0.3) is 5.69 Å². The van der Waals surface area contributed by atoms with Crippen LogP contribution in [0.15, 0.2) is 59.9 Å². The Morgan fingerprint density at radius 3 is 2.83 bits per heavy atom. The minimum Gasteiger partial charge on any atom is -0.357 e. The van der Waals surface area contributed by atoms with E-state index in [1.54, 1.807) is 0 Å². The molecule has 0 atom stereocenters. The van der Waals surface area contributed by atoms with Gasteiger partial charge in [0.1, 0.15) is 0 Å². The van der Waals surface area contributed by atoms with Gasteiger partial charge >= 0.3 is 0 Å². The monoisotopic (exact) mass is 325 g/mol. The van der Waals surface area contributed by atoms with Gasteiger partial charge in [0.25, 0.3) is 0 Å². The van der Waals surface area contributed by atoms with Gasteiger partial charge in [-0.15, -0.1) is 0 Å². The Kier molecular flexibility index (Phi) is 7.08. The van der Waals surface area contributed by atoms with E-state index in [4.69, 9.17) is 0 Å². The van der Waals surface area contributed by atoms with E-state index in [1.807, 2.05) is 48.1 Å². The Bertz CT molecular complexity index is 657. The summed E-state index contributed by atoms with van der Waals surface area (Å²) in [5, 5.41) is 7.79. The molecule has 2 rings (SSSR count). The van der Waals surface area contributed by atoms with Crippen molar-refractivity contribution in [2.45, 2.75) is 26.8 Å². The number of nitrogens with one attached hydrogen (secondary N) is 1. The molecule has 0 radical (unpaired) electrons. The van der Waals surface area contributed by atoms with Gasteiger partial charge in [-0.3, -0.25) is 4.99 Å². The molecule has 2 aromatic rings. The van der Waals surface area contributed by atoms with E-state index in [9.17, 15) is 0 Å². The number of hydrogen-bond acceptors (Lipinski definition) is 2. The number of nitrogens with zero attached hydrogens (tertiary/aromatic N) is 4. The van der Waals surface area contributed by atoms with E-state index in [0.717, 1.165) is 43.3 Å². The van der Waals surface area contributed by atoms with E-state index >= 15 is 0 Å². The zero-order valence-electron chi connectivity index (χ0n) is 14.8. The number of hydrogen-bond donors (Lipinski definition) is 1. The molecule has 24 heavy (non-hydrogen) atoms. The highest BCUT2D eigenvalue weighted by Gasteiger charge is 2.08. The van der Waals surface area contributed by atoms with Gasteiger partial charge < -0.3 is 10.2 Å². The molecule has 1 aromatic heterocycles. The molecule has 0 fully saturated rings. The first kappa shape index (κ1) is 17.8. The topological polar surface area (TPSA) is 45.5 Å². The highest BCUT2D eigenvalue weighted by atomic mass is 15.3. The molecule has 128 valence electrons. The van der Waals surface area contributed by atoms with Crippen LogP contribution in [0.1, 0.15) is 25.8 Å². The van der Waals surface area contributed by atoms with Crippen LogP contribution in [-0.2, 0) is 6.54 Å². The van der Waals surface area contributed by atoms with Gasteiger partial charge in [0.2, 0.25) is 0 Å². The Morgan fingerprint density at radius 2 is 2.12 bits per heavy atom. The lowest BCUT2D eigenvalue weighted by Crippen LogP contribution is -2.38. The lowest BCUT2D eigenvalue weighted by Gasteiger charge is -2.21. The van der Waals surface area contributed by atoms with E-state index in [2.05, 4.69) is 52.6 Å². The molecule has 5 nitrogen and oxygen atoms in total. The summed E-state index contributed by atoms with van der Waals surface area (Å²) in [5.74, 6) is 0.925. The summed E-state index contributed by atoms with van der Waals surface area (Å²) >= 11 is 0. The number of rotatable bonds is 7. The molecule has 5 heteroatoms. The van der Waals surface area contributed by atoms with E-state index in [0.29, 0.717) is 0 Å². The largest absolute Gasteiger partial charge is 0.357 e. The summed E-state index contributed by atoms with van der Waals surface area (Å²) < 4.78 is 1.90. The minimum atomic E-state index is 0.766. The fraction of sp³-hybridized carbons (Fsp3) is 0.368. The van der Waals surface area contributed by atoms with Crippen molar-refractivity contribution in [3.8, 4) is 5.69 Å². The number of aliphatic imine (C=N–C) groups is 1. The molecular weight excluding hydrogens is 298 g/mol. The molecule has 0 aliphatic rings. The van der Waals surface area contributed by atoms with Crippen LogP contribution < -0.4 is 5.32 Å². The number of aromatic nitrogens is 2. The fourth-order valence-electron chi connectivity index (χ4n) is 2.39. The molecule has 0 aliphatic heterocycles. The molecule has 1 heterocycles. The average Bonchev–Trinajstić information content (AvgIpc) is 3.07. The van der Waals surface area contributed by atoms with Crippen molar-refractivity contribution >= 4 is 5.96 Å². The normalized spacial score (nSPS) is 11.9. The molecule has 1 aromatic carbocycles. The quantitative estimate of drug-likeness (QED) is 0.368. The second-order valence-electron chi connectivity index (χ2n) is 5.58. The molecule has 0 amide bonds. The van der Waals surface area contributed by atoms with Crippen LogP contribution in [-0.4, -0.2) is 40.8 Å². The van der Waals surface area contributed by atoms with Crippen LogP contribution >= 0.6 is 0 Å². The molecule has 0 saturated carbocycles. The lowest BCUT2D eigenvalue weighted by molar-refractivity contribution is 0.477. The number of allylic oxidation sites excluding steroid dienone is 1. The fourth-order valence-corrected chi connectivity index (χ4v) is 2.39. The third kappa shape index (κ3) is 5.26. The van der Waals surface area contributed by atoms with Crippen molar-refractivity contribution in [2.24, 2.45) is 4.99 Å². The summed E-state index contributed by atoms with van der Waals surface area (Å²) in [7, 11) is 2.05. The summed E-state index contributed by atoms with van der Waals surface area (Å²) in [4.78, 5) is 6.80. The first-order chi connectivity index (χ1) is 11.7. The Balaban J connectivity index is 2.01. The molecule has 0 spiro atoms. The van der Waals surface area contributed by atoms with Crippen molar-refractivity contribution in [3.63, 3.8) is 0 Å². The first-order valence-corrected chi connectivity index (χ1v) is 8.44. The van der Waals surface area contributed by atoms with Gasteiger partial charge in [0.05, 0.1) is 11.9 Å². The van der Waals surface area contributed by atoms with Gasteiger partial charge in [-0.25, -0.2) is 4.68 Å². The number of benzene rings is 1. The number of guanidine groups is 1. The molecule has 0 aliphatic carbocycles. The van der Waals surface area contributed by atoms with E-state index in [-0.39, 0.29) is 0 Å². The van der Waals surface area contributed by atoms with Crippen molar-refractivity contribution in [1.82, 2.24) is 20.0 Å². The van der Waals surface area contributed by atoms with Gasteiger partial charge in [0, 0.05) is 38.4 Å². The highest BCUT2D eigenvalue weighted by molar-refractivity contribution is 5.79. The first-order valence-electron chi connectivity index (χ1n) is 8.44. The third-order valence-corrected chi connectivity index (χ3v) is 3.57. The molecule has 0 saturated heterocycles. The van der Waals surface area contributed by atoms with Gasteiger partial charge in [-0.1, -0.05) is 30.4 Å². The predicted octanol–water partition coefficient (Wildman–Crippen LogP) is 3.24. The molecule has 1 N–H and O–H groups in total. The van der Waals surface area contributed by atoms with Gasteiger partial charge in [0.15, 0.2) is 5.96 Å². The maximum atomic E-state index is 4.67. The standard InChI is InChI=1S/C19H27N5/c1-4-6-10-13-21-19(20-5-2)23(3)15-17-14-22-24(16-17)18-11-8-7-9-12-18/h4,6-9,11-12,14,16H,5,10,13,15H2,1-3H3,(H,20,21)/b6-4+. The Labute approximate surface area is 144 Å². The van der Waals surface area contributed by atoms with Crippen molar-refractivity contribution in [2.75, 3.05) is 20.1 Å². The second kappa shape index (κ2) is 9.55. The summed E-state index contributed by atoms with van der Waals surface area (Å²) in [5.41, 5.74) is 2.22. The van der Waals surface area contributed by atoms with Gasteiger partial charge in [-0.2, -0.15) is 5.10 Å². The lowest BCUT2D eigenvalue weighted by atomic mass is 10.3. The Morgan fingerprint density at radius 1 is 1.33 bits per heavy atom. The molecule has 0 bridgehead atoms. The van der Waals surface area contributed by atoms with Crippen molar-refractivity contribution in [3.05, 3.63) is 60.4 Å². The predicted molar refractivity (Wildman–Crippen MR) is 100 cm³/mol. The Hall–Kier alpha value is -2.56. The van der Waals surface area contributed by atoms with Crippen LogP contribution in [0, 0.1) is 0 Å². The summed E-state index contributed by atoms with van der Waals surface area (Å²) in [6.07, 6.45) is 9.13. The molecule has 0 unspecified atom stereocenters. The minimum absolute atomic E-state index is 0.766. The maximum Gasteiger partial charge on any atom is 0.193 e. The SMILES string of the molecule is C/C=C/CCN=C(NCC)N(C)Cc1cnn(-c2ccccc2)c1. The van der Waals surface area contributed by atoms with E-state index in [1.165, 1.54) is 0 Å². The van der Waals surface area contributed by atoms with E-state index < -0.39 is 0 Å². The third-order valence-electron chi connectivity index (χ3n) is 3.57. The zero-order valence-corrected chi connectivity index (χ0v) is 14.8. The smallest absolute Gasteiger partial charge is 0.193 e. The summed E-state index contributed by atoms with van der Waals surface area (Å²) in [6, 6.07) is 10.1. The van der Waals surface area contributed by atoms with Crippen LogP contribution in [0.2, 0.25) is 0 Å². The van der Waals surface area contributed by atoms with Crippen molar-refractivity contribution < 1.29 is 0 Å². The zero-order chi connectivity index (χ0) is 17.2. The summed E-state index contributed by atoms with van der Waals surface area (Å²) in [6.45, 7) is 6.53. The number of para-hydroxylation sites is 1. The highest BCUT2D eigenvalue weighted by Crippen LogP contribution is 2.09. The average molecular weight is 325 g/mol. The molecular formula is C19H27N5. The maximum absolute atomic E-state index is 4.67. The van der Waals surface area contributed by atoms with Crippen LogP contribution in [0.5, 0.6) is 0 Å². The second-order valence-corrected chi connectivity index (χ2v) is 5.58.